The van der Waals surface area contributed by atoms with Crippen LogP contribution in [0.4, 0.5) is 5.82 Å². The van der Waals surface area contributed by atoms with E-state index in [1.807, 2.05) is 0 Å². The number of likely N-dealkylation sites (tertiary alicyclic amines) is 1. The fraction of sp³-hybridized carbons (Fsp3) is 0.458. The minimum atomic E-state index is -1.55. The minimum Gasteiger partial charge on any atom is -0.483 e. The molecule has 3 aromatic rings. The molecule has 2 aliphatic rings. The van der Waals surface area contributed by atoms with Crippen LogP contribution >= 0.6 is 11.6 Å². The molecule has 17 heteroatoms. The third-order valence-corrected chi connectivity index (χ3v) is 7.25. The fourth-order valence-corrected chi connectivity index (χ4v) is 5.03. The Kier molecular flexibility index (Phi) is 8.37. The summed E-state index contributed by atoms with van der Waals surface area (Å²) in [5, 5.41) is 27.1. The number of nitrogens with two attached hydrogens (primary N) is 1. The maximum atomic E-state index is 12.6. The van der Waals surface area contributed by atoms with Crippen LogP contribution in [-0.4, -0.2) is 90.5 Å². The summed E-state index contributed by atoms with van der Waals surface area (Å²) in [6.45, 7) is 1.26. The Morgan fingerprint density at radius 3 is 2.80 bits per heavy atom. The van der Waals surface area contributed by atoms with Gasteiger partial charge < -0.3 is 35.6 Å². The van der Waals surface area contributed by atoms with Gasteiger partial charge in [-0.3, -0.25) is 9.36 Å². The number of nitrogens with one attached hydrogen (secondary N) is 1. The van der Waals surface area contributed by atoms with E-state index < -0.39 is 30.4 Å². The molecule has 1 amide bonds. The molecular weight excluding hydrogens is 560 g/mol. The van der Waals surface area contributed by atoms with E-state index in [0.29, 0.717) is 40.8 Å². The molecule has 41 heavy (non-hydrogen) atoms. The molecule has 2 aromatic heterocycles. The van der Waals surface area contributed by atoms with Crippen molar-refractivity contribution in [3.8, 4) is 5.75 Å². The van der Waals surface area contributed by atoms with Gasteiger partial charge in [-0.2, -0.15) is 0 Å². The van der Waals surface area contributed by atoms with Gasteiger partial charge in [-0.15, -0.1) is 0 Å². The molecule has 216 valence electrons. The lowest BCUT2D eigenvalue weighted by molar-refractivity contribution is -0.152. The van der Waals surface area contributed by atoms with Crippen molar-refractivity contribution in [3.63, 3.8) is 0 Å². The lowest BCUT2D eigenvalue weighted by Crippen LogP contribution is -2.44. The number of azide groups is 1. The van der Waals surface area contributed by atoms with Crippen molar-refractivity contribution in [3.05, 3.63) is 51.9 Å². The smallest absolute Gasteiger partial charge is 0.333 e. The second kappa shape index (κ2) is 12.1. The molecule has 0 radical (unpaired) electrons. The van der Waals surface area contributed by atoms with Crippen LogP contribution in [0.1, 0.15) is 24.6 Å². The first-order chi connectivity index (χ1) is 19.8. The van der Waals surface area contributed by atoms with Gasteiger partial charge in [0.25, 0.3) is 5.91 Å². The van der Waals surface area contributed by atoms with Gasteiger partial charge in [-0.25, -0.2) is 19.7 Å². The summed E-state index contributed by atoms with van der Waals surface area (Å²) in [5.41, 5.74) is 15.9. The number of hydrogen-bond donors (Lipinski definition) is 4. The van der Waals surface area contributed by atoms with Crippen molar-refractivity contribution in [2.24, 2.45) is 10.8 Å². The van der Waals surface area contributed by atoms with Crippen molar-refractivity contribution in [1.29, 1.82) is 0 Å². The highest BCUT2D eigenvalue weighted by molar-refractivity contribution is 6.30. The molecule has 0 spiro atoms. The monoisotopic (exact) mass is 586 g/mol. The number of fused-ring (bicyclic) bond motifs is 1. The lowest BCUT2D eigenvalue weighted by atomic mass is 10.1. The molecule has 2 aliphatic heterocycles. The third kappa shape index (κ3) is 5.96. The van der Waals surface area contributed by atoms with Crippen LogP contribution in [-0.2, 0) is 20.9 Å². The Morgan fingerprint density at radius 2 is 2.07 bits per heavy atom. The molecule has 4 atom stereocenters. The predicted octanol–water partition coefficient (Wildman–Crippen LogP) is 1.44. The first-order valence-electron chi connectivity index (χ1n) is 12.7. The number of nitrogens with zero attached hydrogens (tertiary/aromatic N) is 8. The zero-order valence-electron chi connectivity index (χ0n) is 21.6. The van der Waals surface area contributed by atoms with E-state index >= 15 is 0 Å². The lowest BCUT2D eigenvalue weighted by Gasteiger charge is -2.30. The predicted molar refractivity (Wildman–Crippen MR) is 144 cm³/mol. The minimum absolute atomic E-state index is 0.112. The highest BCUT2D eigenvalue weighted by atomic mass is 35.5. The van der Waals surface area contributed by atoms with Gasteiger partial charge >= 0.3 is 5.97 Å². The Labute approximate surface area is 237 Å². The van der Waals surface area contributed by atoms with Gasteiger partial charge in [0.1, 0.15) is 24.2 Å². The molecule has 16 nitrogen and oxygen atoms in total. The van der Waals surface area contributed by atoms with Crippen molar-refractivity contribution in [2.45, 2.75) is 49.9 Å². The molecule has 0 aliphatic carbocycles. The maximum Gasteiger partial charge on any atom is 0.333 e. The van der Waals surface area contributed by atoms with Crippen molar-refractivity contribution < 1.29 is 29.3 Å². The Hall–Kier alpha value is -4.21. The number of amides is 1. The highest BCUT2D eigenvalue weighted by Gasteiger charge is 2.48. The number of benzene rings is 1. The van der Waals surface area contributed by atoms with E-state index in [-0.39, 0.29) is 30.7 Å². The van der Waals surface area contributed by atoms with Crippen molar-refractivity contribution in [1.82, 2.24) is 24.4 Å². The number of rotatable bonds is 9. The summed E-state index contributed by atoms with van der Waals surface area (Å²) < 4.78 is 12.7. The molecule has 1 aromatic carbocycles. The summed E-state index contributed by atoms with van der Waals surface area (Å²) in [6.07, 6.45) is -0.141. The fourth-order valence-electron chi connectivity index (χ4n) is 4.83. The average molecular weight is 587 g/mol. The number of aliphatic carboxylic acids is 1. The molecule has 0 unspecified atom stereocenters. The summed E-state index contributed by atoms with van der Waals surface area (Å²) in [5.74, 6) is -0.718. The summed E-state index contributed by atoms with van der Waals surface area (Å²) in [7, 11) is 0. The average Bonchev–Trinajstić information content (AvgIpc) is 3.53. The summed E-state index contributed by atoms with van der Waals surface area (Å²) in [4.78, 5) is 41.4. The van der Waals surface area contributed by atoms with Gasteiger partial charge in [-0.05, 0) is 36.6 Å². The summed E-state index contributed by atoms with van der Waals surface area (Å²) >= 11 is 6.23. The van der Waals surface area contributed by atoms with Crippen molar-refractivity contribution in [2.75, 3.05) is 25.0 Å². The molecule has 5 rings (SSSR count). The number of aliphatic hydroxyl groups excluding tert-OH is 1. The number of piperidine rings is 1. The number of ether oxygens (including phenoxy) is 2. The number of imidazole rings is 1. The Balaban J connectivity index is 1.31. The number of aliphatic hydroxyl groups is 1. The quantitative estimate of drug-likeness (QED) is 0.159. The van der Waals surface area contributed by atoms with Crippen LogP contribution in [0, 0.1) is 0 Å². The largest absolute Gasteiger partial charge is 0.483 e. The number of halogens is 1. The molecule has 4 heterocycles. The van der Waals surface area contributed by atoms with E-state index in [4.69, 9.17) is 32.3 Å². The van der Waals surface area contributed by atoms with E-state index in [2.05, 4.69) is 30.3 Å². The van der Waals surface area contributed by atoms with Gasteiger partial charge in [0.2, 0.25) is 0 Å². The van der Waals surface area contributed by atoms with E-state index in [1.165, 1.54) is 17.2 Å². The maximum absolute atomic E-state index is 12.6. The van der Waals surface area contributed by atoms with Crippen LogP contribution in [0.15, 0.2) is 36.0 Å². The van der Waals surface area contributed by atoms with Gasteiger partial charge in [-0.1, -0.05) is 16.7 Å². The number of hydrogen-bond acceptors (Lipinski definition) is 11. The van der Waals surface area contributed by atoms with Crippen LogP contribution in [0.2, 0.25) is 5.02 Å². The zero-order chi connectivity index (χ0) is 29.1. The molecule has 5 N–H and O–H groups in total. The van der Waals surface area contributed by atoms with Crippen LogP contribution in [0.5, 0.6) is 5.75 Å². The molecule has 0 saturated carbocycles. The normalized spacial score (nSPS) is 22.9. The van der Waals surface area contributed by atoms with Gasteiger partial charge in [0.15, 0.2) is 35.9 Å². The van der Waals surface area contributed by atoms with Crippen LogP contribution < -0.4 is 15.8 Å². The SMILES string of the molecule is [N-]=[N+]=N[C@H]1[C@@H](O)[C@H](n2cnc3c(NCc4cc(Cl)ccc4OCC(=O)N4CCC(N)CC4)ncnc32)O[C@@H]1C(=O)O. The zero-order valence-corrected chi connectivity index (χ0v) is 22.3. The summed E-state index contributed by atoms with van der Waals surface area (Å²) in [6, 6.07) is 3.81. The Bertz CT molecular complexity index is 1490. The standard InChI is InChI=1S/C24H27ClN10O6/c25-13-1-2-15(40-9-16(36)34-5-3-14(26)4-6-34)12(7-13)8-28-21-18-22(30-10-29-21)35(11-31-18)23-19(37)17(32-33-27)20(41-23)24(38)39/h1-2,7,10-11,14,17,19-20,23,37H,3-6,8-9,26H2,(H,38,39)(H,28,29,30)/t17-,19+,20-,23+/m0/s1. The number of carboxylic acids is 1. The number of carbonyl (C=O) groups excluding carboxylic acids is 1. The van der Waals surface area contributed by atoms with E-state index in [9.17, 15) is 19.8 Å². The number of aromatic nitrogens is 4. The number of carboxylic acid groups (broad SMARTS) is 1. The van der Waals surface area contributed by atoms with E-state index in [0.717, 1.165) is 12.8 Å². The van der Waals surface area contributed by atoms with Crippen LogP contribution in [0.3, 0.4) is 0 Å². The first-order valence-corrected chi connectivity index (χ1v) is 13.1. The third-order valence-electron chi connectivity index (χ3n) is 7.01. The van der Waals surface area contributed by atoms with Gasteiger partial charge in [0.05, 0.1) is 6.33 Å². The molecule has 2 fully saturated rings. The second-order valence-corrected chi connectivity index (χ2v) is 10.1. The molecular formula is C24H27ClN10O6. The topological polar surface area (TPSA) is 227 Å². The van der Waals surface area contributed by atoms with Crippen molar-refractivity contribution >= 4 is 40.5 Å². The highest BCUT2D eigenvalue weighted by Crippen LogP contribution is 2.34. The molecule has 2 saturated heterocycles. The van der Waals surface area contributed by atoms with Gasteiger partial charge in [0, 0.05) is 41.2 Å². The first kappa shape index (κ1) is 28.3. The number of carbonyl (C=O) groups is 2. The second-order valence-electron chi connectivity index (χ2n) is 9.63. The Morgan fingerprint density at radius 1 is 1.29 bits per heavy atom. The van der Waals surface area contributed by atoms with Crippen LogP contribution in [0.25, 0.3) is 21.6 Å². The van der Waals surface area contributed by atoms with E-state index in [1.54, 1.807) is 23.1 Å². The molecule has 0 bridgehead atoms. The number of anilines is 1.